The van der Waals surface area contributed by atoms with E-state index in [0.717, 1.165) is 12.1 Å². The number of aromatic nitrogens is 3. The molecule has 6 nitrogen and oxygen atoms in total. The molecule has 134 valence electrons. The molecule has 8 heteroatoms. The Balaban J connectivity index is 1.83. The number of amides is 1. The molecule has 1 atom stereocenters. The Kier molecular flexibility index (Phi) is 4.66. The second kappa shape index (κ2) is 6.91. The average molecular weight is 358 g/mol. The highest BCUT2D eigenvalue weighted by Crippen LogP contribution is 2.22. The van der Waals surface area contributed by atoms with Gasteiger partial charge < -0.3 is 10.3 Å². The Labute approximate surface area is 147 Å². The molecule has 0 saturated carbocycles. The van der Waals surface area contributed by atoms with E-state index in [2.05, 4.69) is 15.4 Å². The van der Waals surface area contributed by atoms with Crippen molar-refractivity contribution in [2.75, 3.05) is 0 Å². The molecule has 1 amide bonds. The zero-order valence-electron chi connectivity index (χ0n) is 14.1. The molecule has 3 aromatic rings. The molecule has 0 aliphatic rings. The third-order valence-electron chi connectivity index (χ3n) is 4.05. The number of hydrogen-bond acceptors (Lipinski definition) is 3. The van der Waals surface area contributed by atoms with Crippen LogP contribution in [0.3, 0.4) is 0 Å². The summed E-state index contributed by atoms with van der Waals surface area (Å²) in [4.78, 5) is 25.8. The molecule has 2 heterocycles. The van der Waals surface area contributed by atoms with Crippen LogP contribution >= 0.6 is 0 Å². The fraction of sp³-hybridized carbons (Fsp3) is 0.167. The van der Waals surface area contributed by atoms with E-state index in [4.69, 9.17) is 0 Å². The number of H-pyrrole nitrogens is 1. The normalized spacial score (nSPS) is 12.0. The summed E-state index contributed by atoms with van der Waals surface area (Å²) in [6, 6.07) is 5.52. The maximum atomic E-state index is 14.0. The first kappa shape index (κ1) is 17.5. The lowest BCUT2D eigenvalue weighted by atomic mass is 10.1. The van der Waals surface area contributed by atoms with Crippen LogP contribution in [0.5, 0.6) is 0 Å². The minimum Gasteiger partial charge on any atom is -0.345 e. The number of aromatic amines is 1. The van der Waals surface area contributed by atoms with Crippen molar-refractivity contribution >= 4 is 5.91 Å². The highest BCUT2D eigenvalue weighted by Gasteiger charge is 2.18. The van der Waals surface area contributed by atoms with E-state index >= 15 is 0 Å². The van der Waals surface area contributed by atoms with Gasteiger partial charge in [0.25, 0.3) is 5.91 Å². The number of nitrogens with zero attached hydrogens (tertiary/aromatic N) is 2. The first-order valence-electron chi connectivity index (χ1n) is 7.86. The summed E-state index contributed by atoms with van der Waals surface area (Å²) in [6.07, 6.45) is 2.85. The lowest BCUT2D eigenvalue weighted by Crippen LogP contribution is -2.27. The van der Waals surface area contributed by atoms with Gasteiger partial charge in [-0.3, -0.25) is 9.59 Å². The van der Waals surface area contributed by atoms with Crippen molar-refractivity contribution in [1.29, 1.82) is 0 Å². The van der Waals surface area contributed by atoms with Gasteiger partial charge in [0, 0.05) is 29.6 Å². The van der Waals surface area contributed by atoms with Crippen LogP contribution in [-0.2, 0) is 0 Å². The standard InChI is InChI=1S/C18H16F2N4O2/c1-10(23-18(26)12-3-6-17(25)21-8-12)14-9-22-24(11(14)2)16-5-4-13(19)7-15(16)20/h3-10H,1-2H3,(H,21,25)(H,23,26)/t10-/m0/s1. The van der Waals surface area contributed by atoms with Crippen molar-refractivity contribution in [3.63, 3.8) is 0 Å². The monoisotopic (exact) mass is 358 g/mol. The number of halogens is 2. The number of carbonyl (C=O) groups is 1. The van der Waals surface area contributed by atoms with Gasteiger partial charge in [-0.25, -0.2) is 13.5 Å². The van der Waals surface area contributed by atoms with Gasteiger partial charge in [0.15, 0.2) is 5.82 Å². The van der Waals surface area contributed by atoms with Gasteiger partial charge in [0.1, 0.15) is 11.5 Å². The molecule has 0 fully saturated rings. The van der Waals surface area contributed by atoms with Crippen LogP contribution in [0.15, 0.2) is 47.5 Å². The number of pyridine rings is 1. The minimum atomic E-state index is -0.729. The van der Waals surface area contributed by atoms with Crippen molar-refractivity contribution < 1.29 is 13.6 Å². The third-order valence-corrected chi connectivity index (χ3v) is 4.05. The Morgan fingerprint density at radius 1 is 1.27 bits per heavy atom. The maximum Gasteiger partial charge on any atom is 0.253 e. The Morgan fingerprint density at radius 3 is 2.69 bits per heavy atom. The molecule has 0 bridgehead atoms. The van der Waals surface area contributed by atoms with Gasteiger partial charge in [-0.1, -0.05) is 0 Å². The molecule has 0 aliphatic carbocycles. The lowest BCUT2D eigenvalue weighted by molar-refractivity contribution is 0.0939. The fourth-order valence-electron chi connectivity index (χ4n) is 2.65. The zero-order valence-corrected chi connectivity index (χ0v) is 14.1. The number of nitrogens with one attached hydrogen (secondary N) is 2. The van der Waals surface area contributed by atoms with Crippen molar-refractivity contribution in [3.8, 4) is 5.69 Å². The van der Waals surface area contributed by atoms with Crippen LogP contribution < -0.4 is 10.9 Å². The lowest BCUT2D eigenvalue weighted by Gasteiger charge is -2.14. The summed E-state index contributed by atoms with van der Waals surface area (Å²) in [5.74, 6) is -1.76. The SMILES string of the molecule is Cc1c([C@H](C)NC(=O)c2ccc(=O)[nH]c2)cnn1-c1ccc(F)cc1F. The van der Waals surface area contributed by atoms with Crippen LogP contribution in [0.2, 0.25) is 0 Å². The largest absolute Gasteiger partial charge is 0.345 e. The van der Waals surface area contributed by atoms with E-state index in [1.165, 1.54) is 35.3 Å². The van der Waals surface area contributed by atoms with Crippen LogP contribution in [0.1, 0.15) is 34.6 Å². The van der Waals surface area contributed by atoms with Gasteiger partial charge in [0.2, 0.25) is 5.56 Å². The van der Waals surface area contributed by atoms with Crippen molar-refractivity contribution in [2.45, 2.75) is 19.9 Å². The predicted octanol–water partition coefficient (Wildman–Crippen LogP) is 2.64. The molecule has 1 aromatic carbocycles. The van der Waals surface area contributed by atoms with E-state index in [0.29, 0.717) is 16.8 Å². The number of rotatable bonds is 4. The zero-order chi connectivity index (χ0) is 18.8. The van der Waals surface area contributed by atoms with Gasteiger partial charge in [-0.15, -0.1) is 0 Å². The molecule has 2 aromatic heterocycles. The summed E-state index contributed by atoms with van der Waals surface area (Å²) in [7, 11) is 0. The summed E-state index contributed by atoms with van der Waals surface area (Å²) in [5, 5.41) is 6.94. The maximum absolute atomic E-state index is 14.0. The van der Waals surface area contributed by atoms with Crippen LogP contribution in [0, 0.1) is 18.6 Å². The van der Waals surface area contributed by atoms with Crippen LogP contribution in [0.4, 0.5) is 8.78 Å². The van der Waals surface area contributed by atoms with Gasteiger partial charge in [0.05, 0.1) is 17.8 Å². The van der Waals surface area contributed by atoms with Crippen LogP contribution in [-0.4, -0.2) is 20.7 Å². The number of benzene rings is 1. The molecule has 0 aliphatic heterocycles. The van der Waals surface area contributed by atoms with E-state index in [1.54, 1.807) is 13.8 Å². The van der Waals surface area contributed by atoms with E-state index < -0.39 is 17.7 Å². The molecule has 2 N–H and O–H groups in total. The fourth-order valence-corrected chi connectivity index (χ4v) is 2.65. The molecule has 0 spiro atoms. The third kappa shape index (κ3) is 3.39. The summed E-state index contributed by atoms with van der Waals surface area (Å²) >= 11 is 0. The summed E-state index contributed by atoms with van der Waals surface area (Å²) in [5.41, 5.74) is 1.43. The van der Waals surface area contributed by atoms with E-state index in [1.807, 2.05) is 0 Å². The van der Waals surface area contributed by atoms with E-state index in [-0.39, 0.29) is 17.2 Å². The molecule has 3 rings (SSSR count). The molecular formula is C18H16F2N4O2. The Morgan fingerprint density at radius 2 is 2.04 bits per heavy atom. The molecular weight excluding hydrogens is 342 g/mol. The first-order valence-corrected chi connectivity index (χ1v) is 7.86. The first-order chi connectivity index (χ1) is 12.4. The van der Waals surface area contributed by atoms with Crippen LogP contribution in [0.25, 0.3) is 5.69 Å². The highest BCUT2D eigenvalue weighted by atomic mass is 19.1. The quantitative estimate of drug-likeness (QED) is 0.752. The van der Waals surface area contributed by atoms with Gasteiger partial charge in [-0.2, -0.15) is 5.10 Å². The summed E-state index contributed by atoms with van der Waals surface area (Å²) < 4.78 is 28.4. The van der Waals surface area contributed by atoms with Gasteiger partial charge >= 0.3 is 0 Å². The minimum absolute atomic E-state index is 0.120. The topological polar surface area (TPSA) is 79.8 Å². The number of hydrogen-bond donors (Lipinski definition) is 2. The van der Waals surface area contributed by atoms with Gasteiger partial charge in [-0.05, 0) is 32.0 Å². The van der Waals surface area contributed by atoms with Crippen molar-refractivity contribution in [3.05, 3.63) is 81.5 Å². The average Bonchev–Trinajstić information content (AvgIpc) is 2.97. The Bertz CT molecular complexity index is 1010. The summed E-state index contributed by atoms with van der Waals surface area (Å²) in [6.45, 7) is 3.49. The predicted molar refractivity (Wildman–Crippen MR) is 91.2 cm³/mol. The second-order valence-corrected chi connectivity index (χ2v) is 5.83. The molecule has 0 radical (unpaired) electrons. The van der Waals surface area contributed by atoms with E-state index in [9.17, 15) is 18.4 Å². The smallest absolute Gasteiger partial charge is 0.253 e. The molecule has 26 heavy (non-hydrogen) atoms. The second-order valence-electron chi connectivity index (χ2n) is 5.83. The molecule has 0 unspecified atom stereocenters. The highest BCUT2D eigenvalue weighted by molar-refractivity contribution is 5.94. The van der Waals surface area contributed by atoms with Crippen molar-refractivity contribution in [2.24, 2.45) is 0 Å². The molecule has 0 saturated heterocycles. The van der Waals surface area contributed by atoms with Crippen molar-refractivity contribution in [1.82, 2.24) is 20.1 Å². The Hall–Kier alpha value is -3.29. The number of carbonyl (C=O) groups excluding carboxylic acids is 1.